The number of furan rings is 1. The molecule has 0 unspecified atom stereocenters. The second kappa shape index (κ2) is 9.14. The number of piperazine rings is 1. The predicted octanol–water partition coefficient (Wildman–Crippen LogP) is 1.01. The normalized spacial score (nSPS) is 18.3. The maximum atomic E-state index is 12.5. The van der Waals surface area contributed by atoms with Crippen LogP contribution in [0.3, 0.4) is 0 Å². The molecule has 2 aromatic heterocycles. The number of aromatic nitrogens is 1. The summed E-state index contributed by atoms with van der Waals surface area (Å²) in [4.78, 5) is 55.2. The number of nitrogens with one attached hydrogen (secondary N) is 1. The van der Waals surface area contributed by atoms with E-state index in [0.29, 0.717) is 44.2 Å². The zero-order valence-corrected chi connectivity index (χ0v) is 17.8. The molecule has 2 saturated heterocycles. The molecule has 2 aromatic rings. The van der Waals surface area contributed by atoms with Crippen LogP contribution in [0, 0.1) is 10.1 Å². The second-order valence-electron chi connectivity index (χ2n) is 7.60. The molecule has 33 heavy (non-hydrogen) atoms. The Kier molecular flexibility index (Phi) is 6.11. The first-order chi connectivity index (χ1) is 15.8. The zero-order valence-electron chi connectivity index (χ0n) is 17.8. The van der Waals surface area contributed by atoms with E-state index in [-0.39, 0.29) is 18.2 Å². The Morgan fingerprint density at radius 2 is 1.97 bits per heavy atom. The highest BCUT2D eigenvalue weighted by Crippen LogP contribution is 2.24. The minimum atomic E-state index is -0.685. The predicted molar refractivity (Wildman–Crippen MR) is 114 cm³/mol. The standard InChI is InChI=1S/C20H22N6O7/c1-13(27)21-11-15-12-25(20(29)32-15)14-2-4-17(22-10-14)23-6-8-24(9-7-23)19(28)16-3-5-18(33-16)26(30)31/h2-5,10,15H,6-9,11-12H2,1H3,(H,21,27)/t15-/m0/s1. The number of anilines is 2. The van der Waals surface area contributed by atoms with Crippen LogP contribution >= 0.6 is 0 Å². The molecule has 4 rings (SSSR count). The third kappa shape index (κ3) is 4.86. The third-order valence-electron chi connectivity index (χ3n) is 5.37. The maximum Gasteiger partial charge on any atom is 0.433 e. The average Bonchev–Trinajstić information content (AvgIpc) is 3.45. The van der Waals surface area contributed by atoms with Crippen molar-refractivity contribution in [3.8, 4) is 0 Å². The zero-order chi connectivity index (χ0) is 23.5. The Hall–Kier alpha value is -4.16. The molecule has 0 aliphatic carbocycles. The number of carbonyl (C=O) groups excluding carboxylic acids is 3. The van der Waals surface area contributed by atoms with Crippen molar-refractivity contribution in [1.29, 1.82) is 0 Å². The monoisotopic (exact) mass is 458 g/mol. The summed E-state index contributed by atoms with van der Waals surface area (Å²) in [5, 5.41) is 13.4. The van der Waals surface area contributed by atoms with E-state index >= 15 is 0 Å². The number of nitro groups is 1. The summed E-state index contributed by atoms with van der Waals surface area (Å²) in [6.07, 6.45) is 0.657. The molecule has 2 aliphatic heterocycles. The van der Waals surface area contributed by atoms with Crippen molar-refractivity contribution >= 4 is 35.3 Å². The van der Waals surface area contributed by atoms with E-state index in [2.05, 4.69) is 10.3 Å². The van der Waals surface area contributed by atoms with E-state index in [0.717, 1.165) is 6.07 Å². The van der Waals surface area contributed by atoms with Crippen molar-refractivity contribution in [2.24, 2.45) is 0 Å². The molecule has 174 valence electrons. The molecule has 0 spiro atoms. The van der Waals surface area contributed by atoms with Gasteiger partial charge in [0.05, 0.1) is 31.0 Å². The molecule has 0 bridgehead atoms. The van der Waals surface area contributed by atoms with Crippen LogP contribution in [0.4, 0.5) is 22.2 Å². The molecule has 2 aliphatic rings. The lowest BCUT2D eigenvalue weighted by Crippen LogP contribution is -2.49. The van der Waals surface area contributed by atoms with E-state index in [1.165, 1.54) is 17.9 Å². The highest BCUT2D eigenvalue weighted by atomic mass is 16.6. The van der Waals surface area contributed by atoms with Crippen molar-refractivity contribution in [2.45, 2.75) is 13.0 Å². The molecule has 0 saturated carbocycles. The molecule has 2 fully saturated rings. The number of rotatable bonds is 6. The summed E-state index contributed by atoms with van der Waals surface area (Å²) < 4.78 is 10.3. The molecule has 3 amide bonds. The highest BCUT2D eigenvalue weighted by Gasteiger charge is 2.33. The number of cyclic esters (lactones) is 1. The third-order valence-corrected chi connectivity index (χ3v) is 5.37. The number of amides is 3. The number of hydrogen-bond acceptors (Lipinski definition) is 9. The van der Waals surface area contributed by atoms with Gasteiger partial charge in [0.1, 0.15) is 16.8 Å². The maximum absolute atomic E-state index is 12.5. The number of pyridine rings is 1. The van der Waals surface area contributed by atoms with Crippen molar-refractivity contribution in [3.05, 3.63) is 46.3 Å². The van der Waals surface area contributed by atoms with Gasteiger partial charge in [0.15, 0.2) is 5.76 Å². The van der Waals surface area contributed by atoms with Gasteiger partial charge in [-0.05, 0) is 18.2 Å². The van der Waals surface area contributed by atoms with Gasteiger partial charge >= 0.3 is 12.0 Å². The summed E-state index contributed by atoms with van der Waals surface area (Å²) in [6, 6.07) is 6.02. The van der Waals surface area contributed by atoms with Gasteiger partial charge < -0.3 is 24.3 Å². The van der Waals surface area contributed by atoms with Gasteiger partial charge in [0.25, 0.3) is 5.91 Å². The Morgan fingerprint density at radius 1 is 1.21 bits per heavy atom. The van der Waals surface area contributed by atoms with Crippen molar-refractivity contribution in [1.82, 2.24) is 15.2 Å². The molecule has 0 aromatic carbocycles. The number of hydrogen-bond donors (Lipinski definition) is 1. The molecular weight excluding hydrogens is 436 g/mol. The fourth-order valence-corrected chi connectivity index (χ4v) is 3.66. The molecule has 13 heteroatoms. The lowest BCUT2D eigenvalue weighted by Gasteiger charge is -2.35. The first kappa shape index (κ1) is 22.0. The number of nitrogens with zero attached hydrogens (tertiary/aromatic N) is 5. The van der Waals surface area contributed by atoms with Crippen LogP contribution in [0.2, 0.25) is 0 Å². The van der Waals surface area contributed by atoms with Crippen LogP contribution in [0.25, 0.3) is 0 Å². The van der Waals surface area contributed by atoms with Crippen molar-refractivity contribution < 1.29 is 28.5 Å². The van der Waals surface area contributed by atoms with E-state index < -0.39 is 28.9 Å². The summed E-state index contributed by atoms with van der Waals surface area (Å²) in [5.41, 5.74) is 0.585. The Morgan fingerprint density at radius 3 is 2.58 bits per heavy atom. The highest BCUT2D eigenvalue weighted by molar-refractivity contribution is 5.92. The molecule has 13 nitrogen and oxygen atoms in total. The van der Waals surface area contributed by atoms with E-state index in [1.54, 1.807) is 23.2 Å². The Labute approximate surface area is 188 Å². The minimum absolute atomic E-state index is 0.0630. The van der Waals surface area contributed by atoms with Crippen LogP contribution in [0.15, 0.2) is 34.9 Å². The summed E-state index contributed by atoms with van der Waals surface area (Å²) in [7, 11) is 0. The van der Waals surface area contributed by atoms with Crippen LogP contribution in [-0.4, -0.2) is 78.1 Å². The van der Waals surface area contributed by atoms with Crippen LogP contribution in [0.1, 0.15) is 17.5 Å². The summed E-state index contributed by atoms with van der Waals surface area (Å²) in [6.45, 7) is 3.80. The number of ether oxygens (including phenoxy) is 1. The van der Waals surface area contributed by atoms with Crippen molar-refractivity contribution in [3.63, 3.8) is 0 Å². The van der Waals surface area contributed by atoms with Crippen LogP contribution < -0.4 is 15.1 Å². The minimum Gasteiger partial charge on any atom is -0.442 e. The quantitative estimate of drug-likeness (QED) is 0.494. The Balaban J connectivity index is 1.32. The molecule has 4 heterocycles. The van der Waals surface area contributed by atoms with Gasteiger partial charge in [0.2, 0.25) is 5.91 Å². The fraction of sp³-hybridized carbons (Fsp3) is 0.400. The van der Waals surface area contributed by atoms with Gasteiger partial charge in [-0.1, -0.05) is 0 Å². The number of carbonyl (C=O) groups is 3. The second-order valence-corrected chi connectivity index (χ2v) is 7.60. The smallest absolute Gasteiger partial charge is 0.433 e. The first-order valence-electron chi connectivity index (χ1n) is 10.3. The SMILES string of the molecule is CC(=O)NC[C@H]1CN(c2ccc(N3CCN(C(=O)c4ccc([N+](=O)[O-])o4)CC3)nc2)C(=O)O1. The van der Waals surface area contributed by atoms with Gasteiger partial charge in [-0.25, -0.2) is 9.78 Å². The Bertz CT molecular complexity index is 1060. The van der Waals surface area contributed by atoms with Crippen molar-refractivity contribution in [2.75, 3.05) is 49.1 Å². The average molecular weight is 458 g/mol. The largest absolute Gasteiger partial charge is 0.442 e. The topological polar surface area (TPSA) is 151 Å². The lowest BCUT2D eigenvalue weighted by molar-refractivity contribution is -0.402. The molecule has 1 N–H and O–H groups in total. The summed E-state index contributed by atoms with van der Waals surface area (Å²) >= 11 is 0. The van der Waals surface area contributed by atoms with Gasteiger partial charge in [-0.3, -0.25) is 24.6 Å². The van der Waals surface area contributed by atoms with Crippen LogP contribution in [0.5, 0.6) is 0 Å². The molecule has 1 atom stereocenters. The summed E-state index contributed by atoms with van der Waals surface area (Å²) in [5.74, 6) is -0.423. The first-order valence-corrected chi connectivity index (χ1v) is 10.3. The molecular formula is C20H22N6O7. The van der Waals surface area contributed by atoms with Crippen LogP contribution in [-0.2, 0) is 9.53 Å². The van der Waals surface area contributed by atoms with E-state index in [9.17, 15) is 24.5 Å². The van der Waals surface area contributed by atoms with Gasteiger partial charge in [-0.2, -0.15) is 0 Å². The fourth-order valence-electron chi connectivity index (χ4n) is 3.66. The van der Waals surface area contributed by atoms with Gasteiger partial charge in [-0.15, -0.1) is 0 Å². The lowest BCUT2D eigenvalue weighted by atomic mass is 10.2. The van der Waals surface area contributed by atoms with Gasteiger partial charge in [0, 0.05) is 33.1 Å². The molecule has 0 radical (unpaired) electrons. The van der Waals surface area contributed by atoms with E-state index in [4.69, 9.17) is 9.15 Å². The van der Waals surface area contributed by atoms with E-state index in [1.807, 2.05) is 4.90 Å².